The molecule has 0 saturated heterocycles. The van der Waals surface area contributed by atoms with Crippen molar-refractivity contribution in [2.45, 2.75) is 0 Å². The normalized spacial score (nSPS) is 16.9. The van der Waals surface area contributed by atoms with Gasteiger partial charge in [0, 0.05) is 20.2 Å². The molecule has 0 spiro atoms. The van der Waals surface area contributed by atoms with Crippen LogP contribution in [-0.2, 0) is 39.7 Å². The Bertz CT molecular complexity index is 75.7. The van der Waals surface area contributed by atoms with Gasteiger partial charge in [0.05, 0.1) is 0 Å². The average molecular weight is 194 g/mol. The first-order valence-electron chi connectivity index (χ1n) is 0.833. The average Bonchev–Trinajstić information content (AvgIpc) is 1.36. The molecule has 0 aromatic carbocycles. The molecule has 38 valence electrons. The van der Waals surface area contributed by atoms with Crippen molar-refractivity contribution in [3.05, 3.63) is 0 Å². The largest absolute Gasteiger partial charge is 2.00 e. The van der Waals surface area contributed by atoms with E-state index in [-0.39, 0.29) is 19.5 Å². The van der Waals surface area contributed by atoms with Gasteiger partial charge >= 0.3 is 19.5 Å². The molecule has 0 fully saturated rings. The maximum absolute atomic E-state index is 9.09. The van der Waals surface area contributed by atoms with Crippen molar-refractivity contribution >= 4 is 20.2 Å². The third-order valence-corrected chi connectivity index (χ3v) is 1.00. The fourth-order valence-corrected chi connectivity index (χ4v) is 0. The van der Waals surface area contributed by atoms with Crippen LogP contribution in [0.25, 0.3) is 0 Å². The van der Waals surface area contributed by atoms with Crippen LogP contribution in [0.4, 0.5) is 0 Å². The molecule has 0 bridgehead atoms. The maximum atomic E-state index is 9.09. The molecule has 0 saturated carbocycles. The van der Waals surface area contributed by atoms with Crippen LogP contribution >= 0.6 is 0 Å². The van der Waals surface area contributed by atoms with Crippen LogP contribution < -0.4 is 0 Å². The molecule has 4 nitrogen and oxygen atoms in total. The van der Waals surface area contributed by atoms with Gasteiger partial charge in [-0.25, -0.2) is 0 Å². The van der Waals surface area contributed by atoms with Crippen LogP contribution in [0, 0.1) is 0 Å². The van der Waals surface area contributed by atoms with E-state index in [1.165, 1.54) is 0 Å². The summed E-state index contributed by atoms with van der Waals surface area (Å²) in [4.78, 5) is 0. The summed E-state index contributed by atoms with van der Waals surface area (Å²) in [5, 5.41) is 0. The van der Waals surface area contributed by atoms with Crippen molar-refractivity contribution in [2.24, 2.45) is 0 Å². The SMILES string of the molecule is O=S([O-])S(=O)[O-].[Zn+2]. The Labute approximate surface area is 57.4 Å². The Morgan fingerprint density at radius 2 is 1.14 bits per heavy atom. The minimum Gasteiger partial charge on any atom is -0.763 e. The zero-order valence-corrected chi connectivity index (χ0v) is 7.76. The first-order chi connectivity index (χ1) is 2.64. The molecule has 7 heavy (non-hydrogen) atoms. The quantitative estimate of drug-likeness (QED) is 0.293. The standard InChI is InChI=1S/H2O4S2.Zn/c1-5(2)6(3)4;/h(H,1,2)(H,3,4);/q;+2/p-2. The Balaban J connectivity index is 0. The summed E-state index contributed by atoms with van der Waals surface area (Å²) in [6.07, 6.45) is 0. The van der Waals surface area contributed by atoms with Crippen molar-refractivity contribution < 1.29 is 37.0 Å². The summed E-state index contributed by atoms with van der Waals surface area (Å²) < 4.78 is 36.3. The van der Waals surface area contributed by atoms with Gasteiger partial charge in [-0.15, -0.1) is 0 Å². The van der Waals surface area contributed by atoms with E-state index in [2.05, 4.69) is 0 Å². The Kier molecular flexibility index (Phi) is 7.67. The second kappa shape index (κ2) is 4.99. The zero-order valence-electron chi connectivity index (χ0n) is 3.16. The van der Waals surface area contributed by atoms with Crippen LogP contribution in [0.3, 0.4) is 0 Å². The van der Waals surface area contributed by atoms with E-state index in [0.717, 1.165) is 0 Å². The molecule has 0 aliphatic heterocycles. The molecular formula is O4S2Zn. The monoisotopic (exact) mass is 192 g/mol. The minimum atomic E-state index is -2.95. The summed E-state index contributed by atoms with van der Waals surface area (Å²) in [7, 11) is -5.90. The van der Waals surface area contributed by atoms with Crippen molar-refractivity contribution in [1.29, 1.82) is 0 Å². The van der Waals surface area contributed by atoms with Gasteiger partial charge < -0.3 is 9.11 Å². The first-order valence-corrected chi connectivity index (χ1v) is 3.50. The molecule has 0 rings (SSSR count). The fourth-order valence-electron chi connectivity index (χ4n) is 0. The van der Waals surface area contributed by atoms with E-state index in [0.29, 0.717) is 0 Å². The van der Waals surface area contributed by atoms with E-state index in [4.69, 9.17) is 17.5 Å². The van der Waals surface area contributed by atoms with E-state index >= 15 is 0 Å². The predicted octanol–water partition coefficient (Wildman–Crippen LogP) is -1.34. The molecular weight excluding hydrogens is 194 g/mol. The molecule has 2 unspecified atom stereocenters. The predicted molar refractivity (Wildman–Crippen MR) is 17.8 cm³/mol. The molecule has 0 amide bonds. The first kappa shape index (κ1) is 10.8. The minimum absolute atomic E-state index is 0. The Morgan fingerprint density at radius 3 is 1.14 bits per heavy atom. The molecule has 7 heteroatoms. The van der Waals surface area contributed by atoms with Crippen LogP contribution in [0.5, 0.6) is 0 Å². The Hall–Kier alpha value is 0.843. The second-order valence-electron chi connectivity index (χ2n) is 0.408. The van der Waals surface area contributed by atoms with Crippen molar-refractivity contribution in [3.8, 4) is 0 Å². The maximum Gasteiger partial charge on any atom is 2.00 e. The zero-order chi connectivity index (χ0) is 5.15. The van der Waals surface area contributed by atoms with Gasteiger partial charge in [-0.05, 0) is 0 Å². The topological polar surface area (TPSA) is 80.3 Å². The van der Waals surface area contributed by atoms with Gasteiger partial charge in [-0.1, -0.05) is 0 Å². The summed E-state index contributed by atoms with van der Waals surface area (Å²) in [5.41, 5.74) is 0. The summed E-state index contributed by atoms with van der Waals surface area (Å²) >= 11 is 0. The number of rotatable bonds is 1. The van der Waals surface area contributed by atoms with Crippen LogP contribution in [0.1, 0.15) is 0 Å². The molecule has 0 aromatic heterocycles. The Morgan fingerprint density at radius 1 is 1.00 bits per heavy atom. The molecule has 0 heterocycles. The van der Waals surface area contributed by atoms with Gasteiger partial charge in [0.2, 0.25) is 0 Å². The van der Waals surface area contributed by atoms with Crippen molar-refractivity contribution in [3.63, 3.8) is 0 Å². The van der Waals surface area contributed by atoms with E-state index in [9.17, 15) is 0 Å². The smallest absolute Gasteiger partial charge is 0.763 e. The van der Waals surface area contributed by atoms with Gasteiger partial charge in [-0.2, -0.15) is 0 Å². The molecule has 0 aliphatic rings. The third-order valence-electron chi connectivity index (χ3n) is 0.111. The molecule has 0 radical (unpaired) electrons. The second-order valence-corrected chi connectivity index (χ2v) is 2.86. The van der Waals surface area contributed by atoms with Gasteiger partial charge in [-0.3, -0.25) is 8.42 Å². The van der Waals surface area contributed by atoms with E-state index in [1.54, 1.807) is 0 Å². The molecule has 2 atom stereocenters. The van der Waals surface area contributed by atoms with Crippen molar-refractivity contribution in [1.82, 2.24) is 0 Å². The summed E-state index contributed by atoms with van der Waals surface area (Å²) in [6.45, 7) is 0. The summed E-state index contributed by atoms with van der Waals surface area (Å²) in [6, 6.07) is 0. The van der Waals surface area contributed by atoms with E-state index < -0.39 is 20.2 Å². The van der Waals surface area contributed by atoms with Crippen LogP contribution in [-0.4, -0.2) is 17.5 Å². The van der Waals surface area contributed by atoms with Gasteiger partial charge in [0.15, 0.2) is 0 Å². The summed E-state index contributed by atoms with van der Waals surface area (Å²) in [5.74, 6) is 0. The fraction of sp³-hybridized carbons (Fsp3) is 0. The molecule has 0 N–H and O–H groups in total. The van der Waals surface area contributed by atoms with Crippen LogP contribution in [0.15, 0.2) is 0 Å². The third kappa shape index (κ3) is 6.84. The van der Waals surface area contributed by atoms with Gasteiger partial charge in [0.25, 0.3) is 0 Å². The van der Waals surface area contributed by atoms with Crippen LogP contribution in [0.2, 0.25) is 0 Å². The van der Waals surface area contributed by atoms with Crippen molar-refractivity contribution in [2.75, 3.05) is 0 Å². The molecule has 0 aliphatic carbocycles. The number of hydrogen-bond acceptors (Lipinski definition) is 4. The van der Waals surface area contributed by atoms with E-state index in [1.807, 2.05) is 0 Å². The van der Waals surface area contributed by atoms with Gasteiger partial charge in [0.1, 0.15) is 0 Å². The molecule has 0 aromatic rings. The number of hydrogen-bond donors (Lipinski definition) is 0.